The van der Waals surface area contributed by atoms with Crippen LogP contribution in [0.25, 0.3) is 0 Å². The number of ether oxygens (including phenoxy) is 1. The Labute approximate surface area is 123 Å². The van der Waals surface area contributed by atoms with E-state index in [2.05, 4.69) is 0 Å². The van der Waals surface area contributed by atoms with Gasteiger partial charge in [-0.1, -0.05) is 0 Å². The first-order valence-electron chi connectivity index (χ1n) is 7.11. The van der Waals surface area contributed by atoms with Crippen LogP contribution in [0.15, 0.2) is 18.2 Å². The van der Waals surface area contributed by atoms with E-state index in [1.807, 2.05) is 18.7 Å². The second-order valence-corrected chi connectivity index (χ2v) is 7.01. The van der Waals surface area contributed by atoms with Crippen molar-refractivity contribution in [2.75, 3.05) is 18.1 Å². The van der Waals surface area contributed by atoms with Crippen molar-refractivity contribution in [1.82, 2.24) is 0 Å². The van der Waals surface area contributed by atoms with Crippen molar-refractivity contribution in [3.63, 3.8) is 0 Å². The van der Waals surface area contributed by atoms with Crippen LogP contribution in [0.2, 0.25) is 0 Å². The first kappa shape index (κ1) is 14.1. The number of ketones is 1. The quantitative estimate of drug-likeness (QED) is 0.779. The minimum atomic E-state index is -0.327. The summed E-state index contributed by atoms with van der Waals surface area (Å²) in [5, 5.41) is 0. The predicted molar refractivity (Wildman–Crippen MR) is 78.8 cm³/mol. The number of hydrogen-bond donors (Lipinski definition) is 0. The Bertz CT molecular complexity index is 503. The van der Waals surface area contributed by atoms with Crippen LogP contribution in [0, 0.1) is 18.7 Å². The Morgan fingerprint density at radius 1 is 1.45 bits per heavy atom. The van der Waals surface area contributed by atoms with Gasteiger partial charge in [0, 0.05) is 23.8 Å². The van der Waals surface area contributed by atoms with E-state index in [4.69, 9.17) is 4.74 Å². The Kier molecular flexibility index (Phi) is 3.87. The molecule has 2 saturated heterocycles. The number of rotatable bonds is 2. The van der Waals surface area contributed by atoms with Crippen LogP contribution in [-0.4, -0.2) is 29.5 Å². The lowest BCUT2D eigenvalue weighted by Gasteiger charge is -2.37. The average molecular weight is 294 g/mol. The molecule has 2 nitrogen and oxygen atoms in total. The molecule has 20 heavy (non-hydrogen) atoms. The van der Waals surface area contributed by atoms with Gasteiger partial charge in [-0.15, -0.1) is 0 Å². The Hall–Kier alpha value is -0.870. The lowest BCUT2D eigenvalue weighted by atomic mass is 9.81. The van der Waals surface area contributed by atoms with Gasteiger partial charge in [-0.3, -0.25) is 4.79 Å². The number of halogens is 1. The summed E-state index contributed by atoms with van der Waals surface area (Å²) in [7, 11) is 0. The number of aryl methyl sites for hydroxylation is 1. The van der Waals surface area contributed by atoms with Gasteiger partial charge in [-0.05, 0) is 55.7 Å². The number of carbonyl (C=O) groups is 1. The predicted octanol–water partition coefficient (Wildman–Crippen LogP) is 3.62. The van der Waals surface area contributed by atoms with Crippen LogP contribution >= 0.6 is 11.8 Å². The van der Waals surface area contributed by atoms with Gasteiger partial charge in [0.25, 0.3) is 0 Å². The van der Waals surface area contributed by atoms with Crippen molar-refractivity contribution in [3.8, 4) is 0 Å². The second kappa shape index (κ2) is 5.49. The minimum Gasteiger partial charge on any atom is -0.374 e. The van der Waals surface area contributed by atoms with E-state index < -0.39 is 0 Å². The highest BCUT2D eigenvalue weighted by atomic mass is 32.2. The zero-order valence-corrected chi connectivity index (χ0v) is 12.5. The first-order chi connectivity index (χ1) is 9.58. The normalized spacial score (nSPS) is 29.8. The van der Waals surface area contributed by atoms with E-state index in [1.165, 1.54) is 12.1 Å². The number of thioether (sulfide) groups is 1. The summed E-state index contributed by atoms with van der Waals surface area (Å²) in [6.45, 7) is 2.46. The maximum Gasteiger partial charge on any atom is 0.166 e. The Morgan fingerprint density at radius 3 is 3.00 bits per heavy atom. The van der Waals surface area contributed by atoms with Gasteiger partial charge in [0.2, 0.25) is 0 Å². The zero-order valence-electron chi connectivity index (χ0n) is 11.7. The molecule has 2 fully saturated rings. The number of benzene rings is 1. The molecule has 0 bridgehead atoms. The van der Waals surface area contributed by atoms with Gasteiger partial charge < -0.3 is 4.74 Å². The highest BCUT2D eigenvalue weighted by molar-refractivity contribution is 7.99. The SMILES string of the molecule is Cc1cc(F)cc(C(=O)C2CCOC3(CCSC3)C2)c1. The lowest BCUT2D eigenvalue weighted by molar-refractivity contribution is -0.0734. The molecule has 1 spiro atoms. The Morgan fingerprint density at radius 2 is 2.30 bits per heavy atom. The van der Waals surface area contributed by atoms with Crippen LogP contribution < -0.4 is 0 Å². The molecule has 2 heterocycles. The van der Waals surface area contributed by atoms with Crippen molar-refractivity contribution < 1.29 is 13.9 Å². The van der Waals surface area contributed by atoms with Crippen molar-refractivity contribution in [3.05, 3.63) is 35.1 Å². The monoisotopic (exact) mass is 294 g/mol. The third kappa shape index (κ3) is 2.77. The molecule has 1 aromatic rings. The molecular weight excluding hydrogens is 275 g/mol. The van der Waals surface area contributed by atoms with Crippen LogP contribution in [0.5, 0.6) is 0 Å². The van der Waals surface area contributed by atoms with Crippen LogP contribution in [-0.2, 0) is 4.74 Å². The summed E-state index contributed by atoms with van der Waals surface area (Å²) in [4.78, 5) is 12.6. The molecule has 2 atom stereocenters. The van der Waals surface area contributed by atoms with E-state index in [9.17, 15) is 9.18 Å². The van der Waals surface area contributed by atoms with E-state index >= 15 is 0 Å². The van der Waals surface area contributed by atoms with Gasteiger partial charge in [-0.2, -0.15) is 11.8 Å². The van der Waals surface area contributed by atoms with Gasteiger partial charge in [0.05, 0.1) is 5.60 Å². The van der Waals surface area contributed by atoms with E-state index in [0.717, 1.165) is 36.3 Å². The summed E-state index contributed by atoms with van der Waals surface area (Å²) in [5.74, 6) is 1.82. The number of Topliss-reactive ketones (excluding diaryl/α,β-unsaturated/α-hetero) is 1. The summed E-state index contributed by atoms with van der Waals surface area (Å²) < 4.78 is 19.4. The molecule has 2 aliphatic heterocycles. The van der Waals surface area contributed by atoms with Crippen molar-refractivity contribution in [1.29, 1.82) is 0 Å². The van der Waals surface area contributed by atoms with Gasteiger partial charge in [-0.25, -0.2) is 4.39 Å². The molecule has 0 radical (unpaired) electrons. The van der Waals surface area contributed by atoms with Gasteiger partial charge in [0.15, 0.2) is 5.78 Å². The highest BCUT2D eigenvalue weighted by Gasteiger charge is 2.42. The average Bonchev–Trinajstić information content (AvgIpc) is 2.85. The fourth-order valence-corrected chi connectivity index (χ4v) is 4.61. The third-order valence-electron chi connectivity index (χ3n) is 4.26. The fraction of sp³-hybridized carbons (Fsp3) is 0.562. The summed E-state index contributed by atoms with van der Waals surface area (Å²) in [6, 6.07) is 4.60. The standard InChI is InChI=1S/C16H19FO2S/c1-11-6-13(8-14(17)7-11)15(18)12-2-4-19-16(9-12)3-5-20-10-16/h6-8,12H,2-5,9-10H2,1H3. The maximum atomic E-state index is 13.5. The smallest absolute Gasteiger partial charge is 0.166 e. The highest BCUT2D eigenvalue weighted by Crippen LogP contribution is 2.41. The van der Waals surface area contributed by atoms with E-state index in [-0.39, 0.29) is 23.1 Å². The van der Waals surface area contributed by atoms with Crippen molar-refractivity contribution >= 4 is 17.5 Å². The zero-order chi connectivity index (χ0) is 14.2. The number of carbonyl (C=O) groups excluding carboxylic acids is 1. The molecule has 2 aliphatic rings. The lowest BCUT2D eigenvalue weighted by Crippen LogP contribution is -2.42. The van der Waals surface area contributed by atoms with Crippen LogP contribution in [0.1, 0.15) is 35.2 Å². The molecule has 2 unspecified atom stereocenters. The first-order valence-corrected chi connectivity index (χ1v) is 8.27. The summed E-state index contributed by atoms with van der Waals surface area (Å²) in [5.41, 5.74) is 1.20. The fourth-order valence-electron chi connectivity index (χ4n) is 3.23. The van der Waals surface area contributed by atoms with Crippen LogP contribution in [0.3, 0.4) is 0 Å². The molecule has 4 heteroatoms. The van der Waals surface area contributed by atoms with Gasteiger partial charge >= 0.3 is 0 Å². The number of hydrogen-bond acceptors (Lipinski definition) is 3. The van der Waals surface area contributed by atoms with Gasteiger partial charge in [0.1, 0.15) is 5.82 Å². The Balaban J connectivity index is 1.79. The van der Waals surface area contributed by atoms with E-state index in [0.29, 0.717) is 12.2 Å². The molecule has 0 N–H and O–H groups in total. The van der Waals surface area contributed by atoms with Crippen molar-refractivity contribution in [2.45, 2.75) is 31.8 Å². The summed E-state index contributed by atoms with van der Waals surface area (Å²) in [6.07, 6.45) is 2.57. The van der Waals surface area contributed by atoms with Crippen LogP contribution in [0.4, 0.5) is 4.39 Å². The molecule has 108 valence electrons. The molecular formula is C16H19FO2S. The second-order valence-electron chi connectivity index (χ2n) is 5.91. The minimum absolute atomic E-state index is 0.0244. The molecule has 0 aromatic heterocycles. The van der Waals surface area contributed by atoms with Crippen molar-refractivity contribution in [2.24, 2.45) is 5.92 Å². The topological polar surface area (TPSA) is 26.3 Å². The molecule has 0 aliphatic carbocycles. The largest absolute Gasteiger partial charge is 0.374 e. The molecule has 3 rings (SSSR count). The molecule has 1 aromatic carbocycles. The third-order valence-corrected chi connectivity index (χ3v) is 5.48. The molecule has 0 amide bonds. The maximum absolute atomic E-state index is 13.5. The molecule has 0 saturated carbocycles. The summed E-state index contributed by atoms with van der Waals surface area (Å²) >= 11 is 1.90. The van der Waals surface area contributed by atoms with E-state index in [1.54, 1.807) is 6.07 Å².